The smallest absolute Gasteiger partial charge is 0.0133 e. The molecule has 2 aliphatic rings. The molecule has 0 radical (unpaired) electrons. The van der Waals surface area contributed by atoms with Gasteiger partial charge in [0.1, 0.15) is 0 Å². The number of hydrogen-bond donors (Lipinski definition) is 1. The summed E-state index contributed by atoms with van der Waals surface area (Å²) in [7, 11) is 2.33. The second-order valence-electron chi connectivity index (χ2n) is 6.57. The van der Waals surface area contributed by atoms with Crippen LogP contribution in [0.3, 0.4) is 0 Å². The van der Waals surface area contributed by atoms with E-state index in [4.69, 9.17) is 5.73 Å². The summed E-state index contributed by atoms with van der Waals surface area (Å²) in [5.74, 6) is 2.67. The van der Waals surface area contributed by atoms with Crippen LogP contribution < -0.4 is 5.73 Å². The van der Waals surface area contributed by atoms with Crippen LogP contribution in [0.15, 0.2) is 0 Å². The van der Waals surface area contributed by atoms with Crippen molar-refractivity contribution in [3.63, 3.8) is 0 Å². The van der Waals surface area contributed by atoms with Crippen LogP contribution in [0.1, 0.15) is 51.9 Å². The van der Waals surface area contributed by atoms with Crippen molar-refractivity contribution in [1.82, 2.24) is 4.90 Å². The highest BCUT2D eigenvalue weighted by atomic mass is 15.1. The van der Waals surface area contributed by atoms with Crippen LogP contribution in [0.25, 0.3) is 0 Å². The monoisotopic (exact) mass is 238 g/mol. The first-order valence-corrected chi connectivity index (χ1v) is 7.61. The standard InChI is InChI=1S/C15H30N2/c1-12-5-3-6-13(9-12)11-17(2)15-8-4-7-14(15)10-16/h12-15H,3-11,16H2,1-2H3. The third kappa shape index (κ3) is 3.45. The third-order valence-corrected chi connectivity index (χ3v) is 5.08. The van der Waals surface area contributed by atoms with Gasteiger partial charge in [-0.05, 0) is 57.0 Å². The summed E-state index contributed by atoms with van der Waals surface area (Å²) in [6, 6.07) is 0.775. The van der Waals surface area contributed by atoms with Gasteiger partial charge in [0.05, 0.1) is 0 Å². The maximum absolute atomic E-state index is 5.89. The van der Waals surface area contributed by atoms with Crippen molar-refractivity contribution in [3.05, 3.63) is 0 Å². The van der Waals surface area contributed by atoms with Gasteiger partial charge in [-0.15, -0.1) is 0 Å². The molecule has 0 amide bonds. The molecule has 0 saturated heterocycles. The first-order chi connectivity index (χ1) is 8.20. The largest absolute Gasteiger partial charge is 0.330 e. The summed E-state index contributed by atoms with van der Waals surface area (Å²) in [5, 5.41) is 0. The zero-order chi connectivity index (χ0) is 12.3. The maximum atomic E-state index is 5.89. The SMILES string of the molecule is CC1CCCC(CN(C)C2CCCC2CN)C1. The Morgan fingerprint density at radius 3 is 2.59 bits per heavy atom. The van der Waals surface area contributed by atoms with Gasteiger partial charge in [-0.25, -0.2) is 0 Å². The molecule has 4 atom stereocenters. The molecule has 2 nitrogen and oxygen atoms in total. The van der Waals surface area contributed by atoms with E-state index in [0.29, 0.717) is 0 Å². The number of nitrogens with two attached hydrogens (primary N) is 1. The van der Waals surface area contributed by atoms with E-state index in [0.717, 1.165) is 30.3 Å². The summed E-state index contributed by atoms with van der Waals surface area (Å²) in [4.78, 5) is 2.63. The first kappa shape index (κ1) is 13.4. The average molecular weight is 238 g/mol. The van der Waals surface area contributed by atoms with Crippen LogP contribution in [0.2, 0.25) is 0 Å². The summed E-state index contributed by atoms with van der Waals surface area (Å²) >= 11 is 0. The first-order valence-electron chi connectivity index (χ1n) is 7.61. The van der Waals surface area contributed by atoms with E-state index >= 15 is 0 Å². The van der Waals surface area contributed by atoms with Gasteiger partial charge in [-0.1, -0.05) is 26.2 Å². The van der Waals surface area contributed by atoms with E-state index in [1.807, 2.05) is 0 Å². The minimum atomic E-state index is 0.765. The van der Waals surface area contributed by atoms with Crippen molar-refractivity contribution in [2.75, 3.05) is 20.1 Å². The maximum Gasteiger partial charge on any atom is 0.0133 e. The Morgan fingerprint density at radius 2 is 1.88 bits per heavy atom. The molecular formula is C15H30N2. The highest BCUT2D eigenvalue weighted by molar-refractivity contribution is 4.86. The molecule has 4 unspecified atom stereocenters. The molecule has 0 aromatic carbocycles. The summed E-state index contributed by atoms with van der Waals surface area (Å²) in [5.41, 5.74) is 5.89. The molecule has 0 aromatic heterocycles. The quantitative estimate of drug-likeness (QED) is 0.816. The number of rotatable bonds is 4. The van der Waals surface area contributed by atoms with Crippen LogP contribution in [0, 0.1) is 17.8 Å². The second kappa shape index (κ2) is 6.19. The van der Waals surface area contributed by atoms with Crippen LogP contribution in [0.5, 0.6) is 0 Å². The van der Waals surface area contributed by atoms with Gasteiger partial charge in [0.2, 0.25) is 0 Å². The predicted molar refractivity (Wildman–Crippen MR) is 73.9 cm³/mol. The molecule has 0 spiro atoms. The Labute approximate surface area is 107 Å². The molecule has 2 saturated carbocycles. The Balaban J connectivity index is 1.81. The molecule has 100 valence electrons. The van der Waals surface area contributed by atoms with E-state index in [-0.39, 0.29) is 0 Å². The molecular weight excluding hydrogens is 208 g/mol. The fraction of sp³-hybridized carbons (Fsp3) is 1.00. The molecule has 2 N–H and O–H groups in total. The lowest BCUT2D eigenvalue weighted by Crippen LogP contribution is -2.41. The topological polar surface area (TPSA) is 29.3 Å². The van der Waals surface area contributed by atoms with Gasteiger partial charge >= 0.3 is 0 Å². The van der Waals surface area contributed by atoms with Crippen LogP contribution in [-0.2, 0) is 0 Å². The predicted octanol–water partition coefficient (Wildman–Crippen LogP) is 2.87. The van der Waals surface area contributed by atoms with E-state index < -0.39 is 0 Å². The third-order valence-electron chi connectivity index (χ3n) is 5.08. The van der Waals surface area contributed by atoms with E-state index in [2.05, 4.69) is 18.9 Å². The van der Waals surface area contributed by atoms with Gasteiger partial charge in [0.25, 0.3) is 0 Å². The Hall–Kier alpha value is -0.0800. The molecule has 0 heterocycles. The minimum absolute atomic E-state index is 0.765. The van der Waals surface area contributed by atoms with Crippen molar-refractivity contribution in [3.8, 4) is 0 Å². The van der Waals surface area contributed by atoms with Gasteiger partial charge in [-0.3, -0.25) is 0 Å². The van der Waals surface area contributed by atoms with Crippen LogP contribution >= 0.6 is 0 Å². The summed E-state index contributed by atoms with van der Waals surface area (Å²) in [6.07, 6.45) is 9.92. The van der Waals surface area contributed by atoms with E-state index in [1.54, 1.807) is 0 Å². The van der Waals surface area contributed by atoms with Crippen molar-refractivity contribution >= 4 is 0 Å². The van der Waals surface area contributed by atoms with Crippen molar-refractivity contribution in [2.24, 2.45) is 23.5 Å². The van der Waals surface area contributed by atoms with Gasteiger partial charge in [0.15, 0.2) is 0 Å². The second-order valence-corrected chi connectivity index (χ2v) is 6.57. The number of hydrogen-bond acceptors (Lipinski definition) is 2. The van der Waals surface area contributed by atoms with Crippen LogP contribution in [-0.4, -0.2) is 31.1 Å². The Kier molecular flexibility index (Phi) is 4.87. The molecule has 0 bridgehead atoms. The molecule has 2 heteroatoms. The molecule has 2 fully saturated rings. The van der Waals surface area contributed by atoms with Gasteiger partial charge < -0.3 is 10.6 Å². The lowest BCUT2D eigenvalue weighted by Gasteiger charge is -2.35. The molecule has 2 aliphatic carbocycles. The average Bonchev–Trinajstić information content (AvgIpc) is 2.77. The van der Waals surface area contributed by atoms with Crippen molar-refractivity contribution in [1.29, 1.82) is 0 Å². The molecule has 0 aromatic rings. The number of nitrogens with zero attached hydrogens (tertiary/aromatic N) is 1. The minimum Gasteiger partial charge on any atom is -0.330 e. The Bertz CT molecular complexity index is 229. The summed E-state index contributed by atoms with van der Waals surface area (Å²) in [6.45, 7) is 4.62. The van der Waals surface area contributed by atoms with E-state index in [1.165, 1.54) is 51.5 Å². The lowest BCUT2D eigenvalue weighted by molar-refractivity contribution is 0.143. The fourth-order valence-electron chi connectivity index (χ4n) is 4.14. The van der Waals surface area contributed by atoms with Gasteiger partial charge in [-0.2, -0.15) is 0 Å². The van der Waals surface area contributed by atoms with Crippen molar-refractivity contribution < 1.29 is 0 Å². The normalized spacial score (nSPS) is 38.8. The zero-order valence-electron chi connectivity index (χ0n) is 11.7. The molecule has 17 heavy (non-hydrogen) atoms. The fourth-order valence-corrected chi connectivity index (χ4v) is 4.14. The van der Waals surface area contributed by atoms with Crippen LogP contribution in [0.4, 0.5) is 0 Å². The highest BCUT2D eigenvalue weighted by Crippen LogP contribution is 2.32. The molecule has 2 rings (SSSR count). The highest BCUT2D eigenvalue weighted by Gasteiger charge is 2.31. The zero-order valence-corrected chi connectivity index (χ0v) is 11.7. The Morgan fingerprint density at radius 1 is 1.12 bits per heavy atom. The lowest BCUT2D eigenvalue weighted by atomic mass is 9.82. The molecule has 0 aliphatic heterocycles. The van der Waals surface area contributed by atoms with E-state index in [9.17, 15) is 0 Å². The summed E-state index contributed by atoms with van der Waals surface area (Å²) < 4.78 is 0. The van der Waals surface area contributed by atoms with Crippen molar-refractivity contribution in [2.45, 2.75) is 57.9 Å². The van der Waals surface area contributed by atoms with Gasteiger partial charge in [0, 0.05) is 12.6 Å².